The predicted octanol–water partition coefficient (Wildman–Crippen LogP) is 2.09. The molecule has 2 aliphatic rings. The molecule has 2 fully saturated rings. The molecule has 138 valence electrons. The van der Waals surface area contributed by atoms with Crippen molar-refractivity contribution >= 4 is 5.91 Å². The highest BCUT2D eigenvalue weighted by molar-refractivity contribution is 5.79. The van der Waals surface area contributed by atoms with E-state index >= 15 is 0 Å². The van der Waals surface area contributed by atoms with Crippen LogP contribution in [0.15, 0.2) is 28.8 Å². The van der Waals surface area contributed by atoms with Crippen LogP contribution in [0.4, 0.5) is 0 Å². The number of carbonyl (C=O) groups excluding carboxylic acids is 1. The first-order valence-corrected chi connectivity index (χ1v) is 9.22. The second-order valence-corrected chi connectivity index (χ2v) is 7.39. The molecule has 1 N–H and O–H groups in total. The summed E-state index contributed by atoms with van der Waals surface area (Å²) in [6, 6.07) is 7.78. The number of aryl methyl sites for hydroxylation is 2. The van der Waals surface area contributed by atoms with Crippen LogP contribution in [0.25, 0.3) is 0 Å². The van der Waals surface area contributed by atoms with Crippen molar-refractivity contribution in [2.24, 2.45) is 11.8 Å². The van der Waals surface area contributed by atoms with Crippen molar-refractivity contribution in [1.29, 1.82) is 0 Å². The Hall–Kier alpha value is -2.34. The monoisotopic (exact) mass is 355 g/mol. The highest BCUT2D eigenvalue weighted by atomic mass is 16.5. The largest absolute Gasteiger partial charge is 0.489 e. The van der Waals surface area contributed by atoms with Gasteiger partial charge in [0.2, 0.25) is 5.91 Å². The van der Waals surface area contributed by atoms with Gasteiger partial charge in [-0.3, -0.25) is 4.79 Å². The summed E-state index contributed by atoms with van der Waals surface area (Å²) in [4.78, 5) is 14.6. The van der Waals surface area contributed by atoms with E-state index in [0.29, 0.717) is 24.9 Å². The van der Waals surface area contributed by atoms with E-state index in [1.165, 1.54) is 0 Å². The lowest BCUT2D eigenvalue weighted by Crippen LogP contribution is -2.32. The average molecular weight is 355 g/mol. The molecule has 0 aliphatic carbocycles. The number of nitrogens with one attached hydrogen (secondary N) is 1. The molecule has 26 heavy (non-hydrogen) atoms. The summed E-state index contributed by atoms with van der Waals surface area (Å²) in [5, 5.41) is 7.34. The average Bonchev–Trinajstić information content (AvgIpc) is 3.30. The molecular formula is C20H25N3O3. The van der Waals surface area contributed by atoms with Gasteiger partial charge in [-0.05, 0) is 43.4 Å². The molecule has 0 saturated carbocycles. The Labute approximate surface area is 153 Å². The SMILES string of the molecule is Cc1noc(C)c1COc1ccc(CC(=O)N2C[C@H]3CNC[C@H]3C2)cc1. The van der Waals surface area contributed by atoms with Crippen molar-refractivity contribution in [3.63, 3.8) is 0 Å². The van der Waals surface area contributed by atoms with Gasteiger partial charge in [-0.25, -0.2) is 0 Å². The zero-order valence-electron chi connectivity index (χ0n) is 15.3. The molecule has 6 nitrogen and oxygen atoms in total. The van der Waals surface area contributed by atoms with Gasteiger partial charge >= 0.3 is 0 Å². The van der Waals surface area contributed by atoms with Gasteiger partial charge in [-0.2, -0.15) is 0 Å². The fraction of sp³-hybridized carbons (Fsp3) is 0.500. The molecule has 0 radical (unpaired) electrons. The van der Waals surface area contributed by atoms with E-state index in [1.54, 1.807) is 0 Å². The van der Waals surface area contributed by atoms with Crippen molar-refractivity contribution in [3.05, 3.63) is 46.8 Å². The number of likely N-dealkylation sites (tertiary alicyclic amines) is 1. The van der Waals surface area contributed by atoms with Crippen LogP contribution in [0, 0.1) is 25.7 Å². The normalized spacial score (nSPS) is 21.8. The Morgan fingerprint density at radius 2 is 1.92 bits per heavy atom. The van der Waals surface area contributed by atoms with Crippen molar-refractivity contribution < 1.29 is 14.1 Å². The number of hydrogen-bond acceptors (Lipinski definition) is 5. The molecule has 0 spiro atoms. The number of fused-ring (bicyclic) bond motifs is 1. The van der Waals surface area contributed by atoms with Crippen LogP contribution in [-0.2, 0) is 17.8 Å². The molecule has 2 aliphatic heterocycles. The summed E-state index contributed by atoms with van der Waals surface area (Å²) in [6.07, 6.45) is 0.455. The number of hydrogen-bond donors (Lipinski definition) is 1. The van der Waals surface area contributed by atoms with E-state index in [-0.39, 0.29) is 5.91 Å². The molecular weight excluding hydrogens is 330 g/mol. The smallest absolute Gasteiger partial charge is 0.227 e. The summed E-state index contributed by atoms with van der Waals surface area (Å²) in [5.41, 5.74) is 2.86. The third kappa shape index (κ3) is 3.46. The molecule has 6 heteroatoms. The third-order valence-corrected chi connectivity index (χ3v) is 5.59. The van der Waals surface area contributed by atoms with Crippen LogP contribution in [0.1, 0.15) is 22.6 Å². The minimum Gasteiger partial charge on any atom is -0.489 e. The molecule has 2 atom stereocenters. The molecule has 3 heterocycles. The van der Waals surface area contributed by atoms with Gasteiger partial charge in [0, 0.05) is 26.2 Å². The lowest BCUT2D eigenvalue weighted by molar-refractivity contribution is -0.129. The van der Waals surface area contributed by atoms with Gasteiger partial charge in [0.05, 0.1) is 17.7 Å². The number of ether oxygens (including phenoxy) is 1. The number of amides is 1. The van der Waals surface area contributed by atoms with E-state index in [1.807, 2.05) is 43.0 Å². The summed E-state index contributed by atoms with van der Waals surface area (Å²) in [7, 11) is 0. The quantitative estimate of drug-likeness (QED) is 0.890. The van der Waals surface area contributed by atoms with Gasteiger partial charge in [-0.15, -0.1) is 0 Å². The Kier molecular flexibility index (Phi) is 4.68. The topological polar surface area (TPSA) is 67.6 Å². The van der Waals surface area contributed by atoms with Crippen molar-refractivity contribution in [1.82, 2.24) is 15.4 Å². The number of nitrogens with zero attached hydrogens (tertiary/aromatic N) is 2. The molecule has 4 rings (SSSR count). The van der Waals surface area contributed by atoms with Crippen LogP contribution in [0.2, 0.25) is 0 Å². The number of rotatable bonds is 5. The van der Waals surface area contributed by atoms with Crippen molar-refractivity contribution in [3.8, 4) is 5.75 Å². The molecule has 1 amide bonds. The zero-order valence-corrected chi connectivity index (χ0v) is 15.3. The van der Waals surface area contributed by atoms with Crippen molar-refractivity contribution in [2.75, 3.05) is 26.2 Å². The minimum absolute atomic E-state index is 0.226. The number of benzene rings is 1. The van der Waals surface area contributed by atoms with Gasteiger partial charge < -0.3 is 19.5 Å². The Balaban J connectivity index is 1.31. The van der Waals surface area contributed by atoms with Crippen LogP contribution >= 0.6 is 0 Å². The fourth-order valence-electron chi connectivity index (χ4n) is 3.91. The zero-order chi connectivity index (χ0) is 18.1. The van der Waals surface area contributed by atoms with E-state index in [0.717, 1.165) is 54.5 Å². The second-order valence-electron chi connectivity index (χ2n) is 7.39. The van der Waals surface area contributed by atoms with Crippen LogP contribution in [0.3, 0.4) is 0 Å². The molecule has 0 bridgehead atoms. The summed E-state index contributed by atoms with van der Waals surface area (Å²) < 4.78 is 11.0. The first-order valence-electron chi connectivity index (χ1n) is 9.22. The number of aromatic nitrogens is 1. The summed E-state index contributed by atoms with van der Waals surface area (Å²) in [5.74, 6) is 3.07. The standard InChI is InChI=1S/C20H25N3O3/c1-13-19(14(2)26-22-13)12-25-18-5-3-15(4-6-18)7-20(24)23-10-16-8-21-9-17(16)11-23/h3-6,16-17,21H,7-12H2,1-2H3/t16-,17+. The third-order valence-electron chi connectivity index (χ3n) is 5.59. The van der Waals surface area contributed by atoms with Gasteiger partial charge in [-0.1, -0.05) is 17.3 Å². The highest BCUT2D eigenvalue weighted by Crippen LogP contribution is 2.27. The van der Waals surface area contributed by atoms with Crippen molar-refractivity contribution in [2.45, 2.75) is 26.9 Å². The van der Waals surface area contributed by atoms with Gasteiger partial charge in [0.15, 0.2) is 0 Å². The van der Waals surface area contributed by atoms with Crippen LogP contribution < -0.4 is 10.1 Å². The van der Waals surface area contributed by atoms with E-state index in [2.05, 4.69) is 10.5 Å². The second kappa shape index (κ2) is 7.11. The first kappa shape index (κ1) is 17.1. The summed E-state index contributed by atoms with van der Waals surface area (Å²) in [6.45, 7) is 8.12. The first-order chi connectivity index (χ1) is 12.6. The lowest BCUT2D eigenvalue weighted by Gasteiger charge is -2.17. The Morgan fingerprint density at radius 1 is 1.23 bits per heavy atom. The van der Waals surface area contributed by atoms with Gasteiger partial charge in [0.25, 0.3) is 0 Å². The Morgan fingerprint density at radius 3 is 2.54 bits per heavy atom. The Bertz CT molecular complexity index is 753. The molecule has 1 aromatic carbocycles. The van der Waals surface area contributed by atoms with E-state index in [4.69, 9.17) is 9.26 Å². The van der Waals surface area contributed by atoms with Crippen LogP contribution in [-0.4, -0.2) is 42.1 Å². The fourth-order valence-corrected chi connectivity index (χ4v) is 3.91. The maximum atomic E-state index is 12.5. The minimum atomic E-state index is 0.226. The molecule has 1 aromatic heterocycles. The highest BCUT2D eigenvalue weighted by Gasteiger charge is 2.37. The molecule has 2 aromatic rings. The van der Waals surface area contributed by atoms with E-state index in [9.17, 15) is 4.79 Å². The molecule has 2 saturated heterocycles. The maximum absolute atomic E-state index is 12.5. The summed E-state index contributed by atoms with van der Waals surface area (Å²) >= 11 is 0. The molecule has 0 unspecified atom stereocenters. The van der Waals surface area contributed by atoms with E-state index < -0.39 is 0 Å². The van der Waals surface area contributed by atoms with Gasteiger partial charge in [0.1, 0.15) is 18.1 Å². The number of carbonyl (C=O) groups is 1. The maximum Gasteiger partial charge on any atom is 0.227 e. The lowest BCUT2D eigenvalue weighted by atomic mass is 10.0. The van der Waals surface area contributed by atoms with Crippen LogP contribution in [0.5, 0.6) is 5.75 Å². The predicted molar refractivity (Wildman–Crippen MR) is 96.9 cm³/mol.